The van der Waals surface area contributed by atoms with Gasteiger partial charge in [-0.1, -0.05) is 330 Å². The average Bonchev–Trinajstić information content (AvgIpc) is 1.57. The molecule has 0 bridgehead atoms. The summed E-state index contributed by atoms with van der Waals surface area (Å²) in [6.07, 6.45) is 35.0. The summed E-state index contributed by atoms with van der Waals surface area (Å²) in [6, 6.07) is 74.7. The molecule has 0 spiro atoms. The van der Waals surface area contributed by atoms with Crippen molar-refractivity contribution in [2.75, 3.05) is 0 Å². The van der Waals surface area contributed by atoms with Gasteiger partial charge in [-0.05, 0) is 191 Å². The van der Waals surface area contributed by atoms with E-state index in [1.54, 1.807) is 11.1 Å². The molecule has 9 aromatic rings. The van der Waals surface area contributed by atoms with Gasteiger partial charge in [-0.15, -0.1) is 0 Å². The summed E-state index contributed by atoms with van der Waals surface area (Å²) in [7, 11) is 0. The SMILES string of the molecule is CC=Cc1ccc(C=Cc2ccc(C=Cc3ccc(C=Cc4ccc(C=Cc5ccc(C=Cc6ccc7c(c6)C(CC(C)CC)(CC(C)CC)c6cc(-c8ccc9c(c8)C(CC(C)CC)(CC(C)CC)c8ccccc8-9)ccc6-7)cc5)cc4)c(C#N)c3)cc2)cc1. The van der Waals surface area contributed by atoms with Gasteiger partial charge in [0.2, 0.25) is 0 Å². The molecule has 2 aliphatic rings. The highest BCUT2D eigenvalue weighted by atomic mass is 14.5. The fourth-order valence-electron chi connectivity index (χ4n) is 14.4. The van der Waals surface area contributed by atoms with E-state index in [-0.39, 0.29) is 10.8 Å². The third-order valence-corrected chi connectivity index (χ3v) is 20.2. The first-order valence-electron chi connectivity index (χ1n) is 33.9. The molecule has 0 aliphatic heterocycles. The Morgan fingerprint density at radius 2 is 0.615 bits per heavy atom. The highest BCUT2D eigenvalue weighted by Gasteiger charge is 2.46. The Hall–Kier alpha value is -9.09. The quantitative estimate of drug-likeness (QED) is 0.0553. The summed E-state index contributed by atoms with van der Waals surface area (Å²) in [4.78, 5) is 0. The molecule has 91 heavy (non-hydrogen) atoms. The van der Waals surface area contributed by atoms with Gasteiger partial charge in [0.15, 0.2) is 0 Å². The van der Waals surface area contributed by atoms with Crippen LogP contribution in [0.5, 0.6) is 0 Å². The number of hydrogen-bond acceptors (Lipinski definition) is 1. The maximum Gasteiger partial charge on any atom is 0.0998 e. The molecular weight excluding hydrogens is 1090 g/mol. The molecule has 1 heteroatoms. The summed E-state index contributed by atoms with van der Waals surface area (Å²) >= 11 is 0. The van der Waals surface area contributed by atoms with Crippen LogP contribution in [0.25, 0.3) is 100 Å². The van der Waals surface area contributed by atoms with Crippen molar-refractivity contribution in [3.05, 3.63) is 289 Å². The van der Waals surface area contributed by atoms with Gasteiger partial charge in [0.25, 0.3) is 0 Å². The van der Waals surface area contributed by atoms with Gasteiger partial charge in [-0.25, -0.2) is 0 Å². The fourth-order valence-corrected chi connectivity index (χ4v) is 14.4. The number of hydrogen-bond donors (Lipinski definition) is 0. The minimum absolute atomic E-state index is 0.00618. The Morgan fingerprint density at radius 1 is 0.319 bits per heavy atom. The number of rotatable bonds is 24. The molecule has 2 aliphatic carbocycles. The number of fused-ring (bicyclic) bond motifs is 6. The monoisotopic (exact) mass is 1190 g/mol. The largest absolute Gasteiger partial charge is 0.192 e. The highest BCUT2D eigenvalue weighted by molar-refractivity contribution is 5.88. The molecule has 11 rings (SSSR count). The lowest BCUT2D eigenvalue weighted by molar-refractivity contribution is 0.308. The standard InChI is InChI=1S/C90H91N/c1-10-17-67-20-22-68(23-21-67)24-25-69-28-32-72(33-29-69)40-42-75-45-48-77(80(54-75)62-91)47-44-74-38-36-71(37-39-74)27-26-70-30-34-73(35-31-70)41-43-76-46-51-82-84-53-50-79(57-88(84)90(86(82)55-76,60-65(8)13-4)61-66(9)14-5)78-49-52-83-81-18-15-16-19-85(81)89(87(83)56-78,58-63(6)11-2)59-64(7)12-3/h10,15-57,63-66H,11-14,58-61H2,1-9H3. The minimum atomic E-state index is -0.0895. The van der Waals surface area contributed by atoms with Crippen molar-refractivity contribution in [3.63, 3.8) is 0 Å². The smallest absolute Gasteiger partial charge is 0.0998 e. The molecule has 0 fully saturated rings. The van der Waals surface area contributed by atoms with E-state index in [0.717, 1.165) is 64.6 Å². The molecule has 1 nitrogen and oxygen atoms in total. The highest BCUT2D eigenvalue weighted by Crippen LogP contribution is 2.59. The first-order valence-corrected chi connectivity index (χ1v) is 33.9. The van der Waals surface area contributed by atoms with E-state index >= 15 is 0 Å². The molecule has 0 aromatic heterocycles. The molecule has 4 unspecified atom stereocenters. The van der Waals surface area contributed by atoms with Crippen LogP contribution in [0.1, 0.15) is 203 Å². The Bertz CT molecular complexity index is 4200. The van der Waals surface area contributed by atoms with Crippen LogP contribution in [0.15, 0.2) is 200 Å². The maximum atomic E-state index is 10.1. The van der Waals surface area contributed by atoms with Gasteiger partial charge in [0, 0.05) is 10.8 Å². The van der Waals surface area contributed by atoms with Crippen molar-refractivity contribution in [3.8, 4) is 39.4 Å². The minimum Gasteiger partial charge on any atom is -0.192 e. The van der Waals surface area contributed by atoms with Gasteiger partial charge in [-0.2, -0.15) is 5.26 Å². The van der Waals surface area contributed by atoms with Crippen molar-refractivity contribution >= 4 is 66.8 Å². The molecule has 0 heterocycles. The summed E-state index contributed by atoms with van der Waals surface area (Å²) in [5.74, 6) is 2.41. The Labute approximate surface area is 545 Å². The second kappa shape index (κ2) is 28.8. The van der Waals surface area contributed by atoms with Crippen LogP contribution in [0, 0.1) is 35.0 Å². The average molecular weight is 1190 g/mol. The van der Waals surface area contributed by atoms with E-state index in [0.29, 0.717) is 29.2 Å². The van der Waals surface area contributed by atoms with Crippen LogP contribution in [-0.4, -0.2) is 0 Å². The molecule has 0 saturated heterocycles. The molecule has 9 aromatic carbocycles. The Balaban J connectivity index is 0.765. The summed E-state index contributed by atoms with van der Waals surface area (Å²) in [6.45, 7) is 21.4. The lowest BCUT2D eigenvalue weighted by atomic mass is 9.66. The fraction of sp³-hybridized carbons (Fsp3) is 0.256. The van der Waals surface area contributed by atoms with Crippen LogP contribution < -0.4 is 0 Å². The Kier molecular flexibility index (Phi) is 20.1. The predicted molar refractivity (Wildman–Crippen MR) is 397 cm³/mol. The summed E-state index contributed by atoms with van der Waals surface area (Å²) < 4.78 is 0. The van der Waals surface area contributed by atoms with Gasteiger partial charge in [-0.3, -0.25) is 0 Å². The van der Waals surface area contributed by atoms with E-state index in [4.69, 9.17) is 0 Å². The van der Waals surface area contributed by atoms with Crippen LogP contribution in [0.4, 0.5) is 0 Å². The van der Waals surface area contributed by atoms with Crippen molar-refractivity contribution in [1.29, 1.82) is 5.26 Å². The van der Waals surface area contributed by atoms with E-state index in [2.05, 4.69) is 310 Å². The van der Waals surface area contributed by atoms with Crippen molar-refractivity contribution in [2.24, 2.45) is 23.7 Å². The van der Waals surface area contributed by atoms with Gasteiger partial charge in [0.05, 0.1) is 11.6 Å². The third kappa shape index (κ3) is 14.3. The number of nitrogens with zero attached hydrogens (tertiary/aromatic N) is 1. The van der Waals surface area contributed by atoms with Gasteiger partial charge < -0.3 is 0 Å². The third-order valence-electron chi connectivity index (χ3n) is 20.2. The summed E-state index contributed by atoms with van der Waals surface area (Å²) in [5, 5.41) is 10.1. The van der Waals surface area contributed by atoms with E-state index in [1.165, 1.54) is 92.4 Å². The maximum absolute atomic E-state index is 10.1. The molecule has 0 amide bonds. The van der Waals surface area contributed by atoms with Gasteiger partial charge in [0.1, 0.15) is 0 Å². The van der Waals surface area contributed by atoms with E-state index in [9.17, 15) is 5.26 Å². The van der Waals surface area contributed by atoms with E-state index in [1.807, 2.05) is 25.1 Å². The second-order valence-corrected chi connectivity index (χ2v) is 26.7. The van der Waals surface area contributed by atoms with Crippen LogP contribution >= 0.6 is 0 Å². The predicted octanol–water partition coefficient (Wildman–Crippen LogP) is 25.4. The van der Waals surface area contributed by atoms with E-state index < -0.39 is 0 Å². The molecule has 0 radical (unpaired) electrons. The topological polar surface area (TPSA) is 23.8 Å². The normalized spacial score (nSPS) is 17.3. The summed E-state index contributed by atoms with van der Waals surface area (Å²) in [5.41, 5.74) is 27.4. The zero-order chi connectivity index (χ0) is 63.5. The molecule has 0 saturated carbocycles. The van der Waals surface area contributed by atoms with Gasteiger partial charge >= 0.3 is 0 Å². The molecular formula is C90H91N. The lowest BCUT2D eigenvalue weighted by Gasteiger charge is -2.37. The Morgan fingerprint density at radius 3 is 1.00 bits per heavy atom. The number of allylic oxidation sites excluding steroid dienone is 1. The first kappa shape index (κ1) is 63.5. The van der Waals surface area contributed by atoms with Crippen LogP contribution in [0.3, 0.4) is 0 Å². The van der Waals surface area contributed by atoms with Crippen molar-refractivity contribution in [2.45, 2.75) is 125 Å². The second-order valence-electron chi connectivity index (χ2n) is 26.7. The molecule has 4 atom stereocenters. The van der Waals surface area contributed by atoms with Crippen molar-refractivity contribution < 1.29 is 0 Å². The molecule has 0 N–H and O–H groups in total. The molecule has 456 valence electrons. The first-order chi connectivity index (χ1) is 44.3. The van der Waals surface area contributed by atoms with Crippen molar-refractivity contribution in [1.82, 2.24) is 0 Å². The number of benzene rings is 9. The zero-order valence-electron chi connectivity index (χ0n) is 55.3. The van der Waals surface area contributed by atoms with Crippen LogP contribution in [0.2, 0.25) is 0 Å². The van der Waals surface area contributed by atoms with Crippen LogP contribution in [-0.2, 0) is 10.8 Å². The lowest BCUT2D eigenvalue weighted by Crippen LogP contribution is -2.30. The number of nitriles is 1. The zero-order valence-corrected chi connectivity index (χ0v) is 55.3.